The third kappa shape index (κ3) is 5.43. The topological polar surface area (TPSA) is 24.5 Å². The van der Waals surface area contributed by atoms with Gasteiger partial charge in [0.1, 0.15) is 5.60 Å². The molecule has 0 saturated carbocycles. The molecule has 1 unspecified atom stereocenters. The van der Waals surface area contributed by atoms with Crippen molar-refractivity contribution in [2.75, 3.05) is 33.3 Å². The van der Waals surface area contributed by atoms with E-state index in [1.54, 1.807) is 0 Å². The quantitative estimate of drug-likeness (QED) is 0.540. The van der Waals surface area contributed by atoms with Crippen molar-refractivity contribution in [3.63, 3.8) is 0 Å². The first-order valence-corrected chi connectivity index (χ1v) is 11.5. The molecule has 1 saturated heterocycles. The van der Waals surface area contributed by atoms with E-state index in [0.29, 0.717) is 6.04 Å². The van der Waals surface area contributed by atoms with Gasteiger partial charge in [0.05, 0.1) is 0 Å². The Morgan fingerprint density at radius 3 is 2.03 bits per heavy atom. The van der Waals surface area contributed by atoms with Crippen LogP contribution in [0.5, 0.6) is 0 Å². The number of nitrogens with zero attached hydrogens (tertiary/aromatic N) is 1. The van der Waals surface area contributed by atoms with Crippen LogP contribution in [0, 0.1) is 0 Å². The Kier molecular flexibility index (Phi) is 7.52. The van der Waals surface area contributed by atoms with E-state index in [1.165, 1.54) is 23.1 Å². The molecule has 1 aliphatic heterocycles. The Balaban J connectivity index is 1.45. The van der Waals surface area contributed by atoms with Gasteiger partial charge in [-0.1, -0.05) is 91.0 Å². The maximum absolute atomic E-state index is 6.33. The molecule has 0 radical (unpaired) electrons. The molecule has 0 spiro atoms. The Labute approximate surface area is 187 Å². The van der Waals surface area contributed by atoms with Gasteiger partial charge < -0.3 is 15.0 Å². The lowest BCUT2D eigenvalue weighted by Gasteiger charge is -2.41. The average molecular weight is 415 g/mol. The molecule has 1 N–H and O–H groups in total. The van der Waals surface area contributed by atoms with Crippen LogP contribution >= 0.6 is 0 Å². The number of rotatable bonds is 9. The van der Waals surface area contributed by atoms with Gasteiger partial charge in [0.25, 0.3) is 0 Å². The fourth-order valence-corrected chi connectivity index (χ4v) is 4.87. The zero-order valence-corrected chi connectivity index (χ0v) is 18.5. The average Bonchev–Trinajstić information content (AvgIpc) is 2.85. The molecule has 0 amide bonds. The second kappa shape index (κ2) is 10.7. The highest BCUT2D eigenvalue weighted by atomic mass is 16.5. The van der Waals surface area contributed by atoms with Crippen LogP contribution in [0.25, 0.3) is 0 Å². The zero-order chi connectivity index (χ0) is 21.4. The first kappa shape index (κ1) is 21.8. The molecular formula is C28H34N2O. The summed E-state index contributed by atoms with van der Waals surface area (Å²) in [7, 11) is 1.85. The third-order valence-corrected chi connectivity index (χ3v) is 6.48. The Hall–Kier alpha value is -2.46. The van der Waals surface area contributed by atoms with E-state index in [9.17, 15) is 0 Å². The summed E-state index contributed by atoms with van der Waals surface area (Å²) in [5.41, 5.74) is 3.41. The number of hydrogen-bond donors (Lipinski definition) is 1. The summed E-state index contributed by atoms with van der Waals surface area (Å²) >= 11 is 0. The molecule has 0 aliphatic carbocycles. The van der Waals surface area contributed by atoms with Gasteiger partial charge in [-0.2, -0.15) is 0 Å². The lowest BCUT2D eigenvalue weighted by Crippen LogP contribution is -2.53. The highest BCUT2D eigenvalue weighted by Crippen LogP contribution is 2.38. The number of ether oxygens (including phenoxy) is 1. The molecule has 0 aromatic heterocycles. The summed E-state index contributed by atoms with van der Waals surface area (Å²) < 4.78 is 6.33. The normalized spacial score (nSPS) is 17.5. The minimum absolute atomic E-state index is 0.380. The van der Waals surface area contributed by atoms with Gasteiger partial charge in [0.2, 0.25) is 0 Å². The first-order chi connectivity index (χ1) is 15.3. The zero-order valence-electron chi connectivity index (χ0n) is 18.5. The van der Waals surface area contributed by atoms with E-state index < -0.39 is 5.60 Å². The molecule has 0 bridgehead atoms. The second-order valence-corrected chi connectivity index (χ2v) is 8.51. The number of benzene rings is 3. The molecule has 31 heavy (non-hydrogen) atoms. The fraction of sp³-hybridized carbons (Fsp3) is 0.357. The summed E-state index contributed by atoms with van der Waals surface area (Å²) in [6.45, 7) is 4.34. The van der Waals surface area contributed by atoms with E-state index >= 15 is 0 Å². The molecule has 1 atom stereocenters. The fourth-order valence-electron chi connectivity index (χ4n) is 4.87. The molecular weight excluding hydrogens is 380 g/mol. The van der Waals surface area contributed by atoms with Crippen LogP contribution in [-0.4, -0.2) is 44.2 Å². The van der Waals surface area contributed by atoms with Crippen LogP contribution in [0.2, 0.25) is 0 Å². The Morgan fingerprint density at radius 2 is 1.45 bits per heavy atom. The van der Waals surface area contributed by atoms with Crippen LogP contribution in [0.4, 0.5) is 0 Å². The number of methoxy groups -OCH3 is 1. The van der Waals surface area contributed by atoms with E-state index in [2.05, 4.69) is 101 Å². The van der Waals surface area contributed by atoms with Gasteiger partial charge >= 0.3 is 0 Å². The Morgan fingerprint density at radius 1 is 0.871 bits per heavy atom. The monoisotopic (exact) mass is 414 g/mol. The van der Waals surface area contributed by atoms with E-state index in [0.717, 1.165) is 39.0 Å². The van der Waals surface area contributed by atoms with Crippen LogP contribution in [0.3, 0.4) is 0 Å². The van der Waals surface area contributed by atoms with Gasteiger partial charge in [-0.3, -0.25) is 0 Å². The van der Waals surface area contributed by atoms with Gasteiger partial charge in [-0.15, -0.1) is 0 Å². The van der Waals surface area contributed by atoms with Crippen LogP contribution in [0.15, 0.2) is 91.0 Å². The second-order valence-electron chi connectivity index (χ2n) is 8.51. The van der Waals surface area contributed by atoms with Crippen molar-refractivity contribution in [2.24, 2.45) is 0 Å². The minimum atomic E-state index is -0.451. The molecule has 1 heterocycles. The van der Waals surface area contributed by atoms with Crippen LogP contribution in [0.1, 0.15) is 29.5 Å². The predicted molar refractivity (Wildman–Crippen MR) is 128 cm³/mol. The number of aryl methyl sites for hydroxylation is 1. The summed E-state index contributed by atoms with van der Waals surface area (Å²) in [6, 6.07) is 32.5. The number of piperazine rings is 1. The summed E-state index contributed by atoms with van der Waals surface area (Å²) in [6.07, 6.45) is 3.25. The van der Waals surface area contributed by atoms with Gasteiger partial charge in [0.15, 0.2) is 0 Å². The SMILES string of the molecule is COC(CC1CN(CCCc2ccccc2)CCN1)(c1ccccc1)c1ccccc1. The largest absolute Gasteiger partial charge is 0.369 e. The molecule has 3 heteroatoms. The predicted octanol–water partition coefficient (Wildman–Crippen LogP) is 4.87. The highest BCUT2D eigenvalue weighted by molar-refractivity contribution is 5.37. The van der Waals surface area contributed by atoms with Crippen molar-refractivity contribution in [3.05, 3.63) is 108 Å². The van der Waals surface area contributed by atoms with Crippen molar-refractivity contribution in [1.82, 2.24) is 10.2 Å². The maximum Gasteiger partial charge on any atom is 0.119 e. The summed E-state index contributed by atoms with van der Waals surface area (Å²) in [5, 5.41) is 3.76. The van der Waals surface area contributed by atoms with Crippen molar-refractivity contribution in [1.29, 1.82) is 0 Å². The highest BCUT2D eigenvalue weighted by Gasteiger charge is 2.37. The van der Waals surface area contributed by atoms with Gasteiger partial charge in [0, 0.05) is 39.2 Å². The van der Waals surface area contributed by atoms with Crippen LogP contribution in [-0.2, 0) is 16.8 Å². The van der Waals surface area contributed by atoms with Crippen molar-refractivity contribution >= 4 is 0 Å². The standard InChI is InChI=1S/C28H34N2O/c1-31-28(25-15-7-3-8-16-25,26-17-9-4-10-18-26)22-27-23-30(21-19-29-27)20-11-14-24-12-5-2-6-13-24/h2-10,12-13,15-18,27,29H,11,14,19-23H2,1H3. The summed E-state index contributed by atoms with van der Waals surface area (Å²) in [4.78, 5) is 2.61. The minimum Gasteiger partial charge on any atom is -0.369 e. The van der Waals surface area contributed by atoms with Crippen LogP contribution < -0.4 is 5.32 Å². The molecule has 4 rings (SSSR count). The van der Waals surface area contributed by atoms with Gasteiger partial charge in [-0.25, -0.2) is 0 Å². The van der Waals surface area contributed by atoms with Gasteiger partial charge in [-0.05, 0) is 36.1 Å². The first-order valence-electron chi connectivity index (χ1n) is 11.5. The number of hydrogen-bond acceptors (Lipinski definition) is 3. The maximum atomic E-state index is 6.33. The van der Waals surface area contributed by atoms with E-state index in [4.69, 9.17) is 4.74 Å². The molecule has 1 aliphatic rings. The Bertz CT molecular complexity index is 859. The van der Waals surface area contributed by atoms with Crippen molar-refractivity contribution in [2.45, 2.75) is 30.9 Å². The molecule has 162 valence electrons. The third-order valence-electron chi connectivity index (χ3n) is 6.48. The molecule has 3 nitrogen and oxygen atoms in total. The molecule has 1 fully saturated rings. The van der Waals surface area contributed by atoms with Crippen molar-refractivity contribution < 1.29 is 4.74 Å². The molecule has 3 aromatic carbocycles. The van der Waals surface area contributed by atoms with E-state index in [1.807, 2.05) is 7.11 Å². The molecule has 3 aromatic rings. The van der Waals surface area contributed by atoms with Crippen molar-refractivity contribution in [3.8, 4) is 0 Å². The summed E-state index contributed by atoms with van der Waals surface area (Å²) in [5.74, 6) is 0. The lowest BCUT2D eigenvalue weighted by molar-refractivity contribution is -0.000920. The smallest absolute Gasteiger partial charge is 0.119 e. The van der Waals surface area contributed by atoms with E-state index in [-0.39, 0.29) is 0 Å². The lowest BCUT2D eigenvalue weighted by atomic mass is 9.80. The number of nitrogens with one attached hydrogen (secondary N) is 1.